The molecule has 0 radical (unpaired) electrons. The molecule has 2 heterocycles. The van der Waals surface area contributed by atoms with Gasteiger partial charge in [-0.3, -0.25) is 4.79 Å². The fourth-order valence-corrected chi connectivity index (χ4v) is 4.59. The van der Waals surface area contributed by atoms with Gasteiger partial charge < -0.3 is 15.0 Å². The van der Waals surface area contributed by atoms with E-state index >= 15 is 0 Å². The molecule has 0 bridgehead atoms. The van der Waals surface area contributed by atoms with Crippen molar-refractivity contribution in [1.29, 1.82) is 0 Å². The summed E-state index contributed by atoms with van der Waals surface area (Å²) in [6, 6.07) is 10.6. The monoisotopic (exact) mass is 371 g/mol. The van der Waals surface area contributed by atoms with Crippen molar-refractivity contribution in [3.05, 3.63) is 46.5 Å². The predicted octanol–water partition coefficient (Wildman–Crippen LogP) is 3.20. The van der Waals surface area contributed by atoms with E-state index in [1.54, 1.807) is 16.2 Å². The van der Waals surface area contributed by atoms with Gasteiger partial charge in [0.2, 0.25) is 5.91 Å². The first-order valence-corrected chi connectivity index (χ1v) is 9.76. The van der Waals surface area contributed by atoms with Gasteiger partial charge in [-0.05, 0) is 30.7 Å². The second kappa shape index (κ2) is 7.45. The zero-order valence-corrected chi connectivity index (χ0v) is 15.3. The van der Waals surface area contributed by atoms with E-state index in [-0.39, 0.29) is 18.4 Å². The van der Waals surface area contributed by atoms with Crippen LogP contribution in [0.4, 0.5) is 9.93 Å². The molecule has 0 unspecified atom stereocenters. The number of benzene rings is 1. The van der Waals surface area contributed by atoms with Crippen LogP contribution in [-0.2, 0) is 22.4 Å². The lowest BCUT2D eigenvalue weighted by Gasteiger charge is -2.21. The van der Waals surface area contributed by atoms with Crippen LogP contribution in [0.2, 0.25) is 0 Å². The summed E-state index contributed by atoms with van der Waals surface area (Å²) in [5.41, 5.74) is 2.48. The van der Waals surface area contributed by atoms with Gasteiger partial charge in [-0.25, -0.2) is 9.78 Å². The number of carbonyl (C=O) groups excluding carboxylic acids is 2. The maximum atomic E-state index is 12.2. The average Bonchev–Trinajstić information content (AvgIpc) is 3.25. The quantitative estimate of drug-likeness (QED) is 0.876. The van der Waals surface area contributed by atoms with Crippen LogP contribution in [0.25, 0.3) is 0 Å². The van der Waals surface area contributed by atoms with Gasteiger partial charge in [0, 0.05) is 17.8 Å². The minimum Gasteiger partial charge on any atom is -0.448 e. The molecule has 26 heavy (non-hydrogen) atoms. The lowest BCUT2D eigenvalue weighted by molar-refractivity contribution is -0.116. The molecule has 1 aliphatic heterocycles. The van der Waals surface area contributed by atoms with E-state index < -0.39 is 0 Å². The molecule has 1 saturated heterocycles. The highest BCUT2D eigenvalue weighted by Crippen LogP contribution is 2.36. The number of amides is 2. The van der Waals surface area contributed by atoms with Crippen molar-refractivity contribution in [2.75, 3.05) is 25.0 Å². The number of hydrogen-bond donors (Lipinski definition) is 1. The number of fused-ring (bicyclic) bond motifs is 1. The molecule has 136 valence electrons. The van der Waals surface area contributed by atoms with Crippen LogP contribution in [0, 0.1) is 0 Å². The molecule has 1 aliphatic carbocycles. The molecule has 0 saturated carbocycles. The maximum Gasteiger partial charge on any atom is 0.409 e. The van der Waals surface area contributed by atoms with E-state index in [2.05, 4.69) is 34.6 Å². The molecule has 1 aromatic heterocycles. The minimum atomic E-state index is -0.338. The van der Waals surface area contributed by atoms with Crippen molar-refractivity contribution >= 4 is 28.5 Å². The second-order valence-corrected chi connectivity index (χ2v) is 7.72. The number of thiazole rings is 1. The van der Waals surface area contributed by atoms with Gasteiger partial charge in [0.1, 0.15) is 6.61 Å². The van der Waals surface area contributed by atoms with Gasteiger partial charge >= 0.3 is 6.09 Å². The fraction of sp³-hybridized carbons (Fsp3) is 0.421. The Bertz CT molecular complexity index is 806. The predicted molar refractivity (Wildman–Crippen MR) is 99.5 cm³/mol. The van der Waals surface area contributed by atoms with Gasteiger partial charge in [0.05, 0.1) is 12.2 Å². The first kappa shape index (κ1) is 17.0. The van der Waals surface area contributed by atoms with E-state index in [0.29, 0.717) is 30.7 Å². The summed E-state index contributed by atoms with van der Waals surface area (Å²) < 4.78 is 4.86. The van der Waals surface area contributed by atoms with Crippen molar-refractivity contribution in [1.82, 2.24) is 9.88 Å². The summed E-state index contributed by atoms with van der Waals surface area (Å²) in [5.74, 6) is 0.407. The first-order chi connectivity index (χ1) is 12.7. The number of cyclic esters (lactones) is 1. The number of carbonyl (C=O) groups is 2. The van der Waals surface area contributed by atoms with E-state index in [1.807, 2.05) is 6.07 Å². The summed E-state index contributed by atoms with van der Waals surface area (Å²) >= 11 is 1.57. The highest BCUT2D eigenvalue weighted by Gasteiger charge is 2.25. The zero-order chi connectivity index (χ0) is 17.9. The SMILES string of the molecule is O=C(CCN1CCOC1=O)Nc1nc2c(s1)C[C@H](c1ccccc1)CC2. The highest BCUT2D eigenvalue weighted by atomic mass is 32.1. The Morgan fingerprint density at radius 1 is 1.35 bits per heavy atom. The summed E-state index contributed by atoms with van der Waals surface area (Å²) in [6.45, 7) is 1.34. The van der Waals surface area contributed by atoms with Gasteiger partial charge in [0.15, 0.2) is 5.13 Å². The van der Waals surface area contributed by atoms with E-state index in [1.165, 1.54) is 10.4 Å². The molecule has 1 N–H and O–H groups in total. The zero-order valence-electron chi connectivity index (χ0n) is 14.4. The van der Waals surface area contributed by atoms with E-state index in [9.17, 15) is 9.59 Å². The van der Waals surface area contributed by atoms with Gasteiger partial charge in [-0.2, -0.15) is 0 Å². The van der Waals surface area contributed by atoms with Crippen molar-refractivity contribution in [3.63, 3.8) is 0 Å². The number of nitrogens with one attached hydrogen (secondary N) is 1. The Balaban J connectivity index is 1.34. The molecule has 1 fully saturated rings. The van der Waals surface area contributed by atoms with Crippen LogP contribution in [0.15, 0.2) is 30.3 Å². The molecule has 4 rings (SSSR count). The third kappa shape index (κ3) is 3.72. The lowest BCUT2D eigenvalue weighted by Crippen LogP contribution is -2.28. The molecule has 2 amide bonds. The summed E-state index contributed by atoms with van der Waals surface area (Å²) in [5, 5.41) is 3.55. The normalized spacial score (nSPS) is 19.2. The van der Waals surface area contributed by atoms with Crippen LogP contribution in [0.3, 0.4) is 0 Å². The smallest absolute Gasteiger partial charge is 0.409 e. The van der Waals surface area contributed by atoms with Gasteiger partial charge in [-0.1, -0.05) is 30.3 Å². The fourth-order valence-electron chi connectivity index (χ4n) is 3.49. The Hall–Kier alpha value is -2.41. The average molecular weight is 371 g/mol. The summed E-state index contributed by atoms with van der Waals surface area (Å²) in [6.07, 6.45) is 2.93. The number of aromatic nitrogens is 1. The van der Waals surface area contributed by atoms with Crippen LogP contribution in [-0.4, -0.2) is 41.6 Å². The van der Waals surface area contributed by atoms with Crippen molar-refractivity contribution in [3.8, 4) is 0 Å². The maximum absolute atomic E-state index is 12.2. The van der Waals surface area contributed by atoms with Crippen LogP contribution in [0.5, 0.6) is 0 Å². The topological polar surface area (TPSA) is 71.5 Å². The molecule has 7 heteroatoms. The number of rotatable bonds is 5. The lowest BCUT2D eigenvalue weighted by atomic mass is 9.85. The Labute approximate surface area is 156 Å². The highest BCUT2D eigenvalue weighted by molar-refractivity contribution is 7.15. The van der Waals surface area contributed by atoms with Crippen molar-refractivity contribution in [2.45, 2.75) is 31.6 Å². The molecule has 2 aliphatic rings. The number of aryl methyl sites for hydroxylation is 1. The Morgan fingerprint density at radius 2 is 2.19 bits per heavy atom. The van der Waals surface area contributed by atoms with Crippen LogP contribution >= 0.6 is 11.3 Å². The van der Waals surface area contributed by atoms with Crippen molar-refractivity contribution in [2.24, 2.45) is 0 Å². The van der Waals surface area contributed by atoms with Crippen molar-refractivity contribution < 1.29 is 14.3 Å². The molecule has 1 aromatic carbocycles. The number of ether oxygens (including phenoxy) is 1. The minimum absolute atomic E-state index is 0.115. The van der Waals surface area contributed by atoms with E-state index in [4.69, 9.17) is 4.74 Å². The third-order valence-corrected chi connectivity index (χ3v) is 5.95. The number of anilines is 1. The first-order valence-electron chi connectivity index (χ1n) is 8.94. The Kier molecular flexibility index (Phi) is 4.88. The van der Waals surface area contributed by atoms with E-state index in [0.717, 1.165) is 25.0 Å². The van der Waals surface area contributed by atoms with Gasteiger partial charge in [0.25, 0.3) is 0 Å². The molecule has 0 spiro atoms. The summed E-state index contributed by atoms with van der Waals surface area (Å²) in [4.78, 5) is 31.0. The molecule has 6 nitrogen and oxygen atoms in total. The van der Waals surface area contributed by atoms with Crippen LogP contribution in [0.1, 0.15) is 34.9 Å². The number of hydrogen-bond acceptors (Lipinski definition) is 5. The standard InChI is InChI=1S/C19H21N3O3S/c23-17(8-9-22-10-11-25-19(22)24)21-18-20-15-7-6-14(12-16(15)26-18)13-4-2-1-3-5-13/h1-5,14H,6-12H2,(H,20,21,23)/t14-/m1/s1. The number of nitrogens with zero attached hydrogens (tertiary/aromatic N) is 2. The molecule has 1 atom stereocenters. The third-order valence-electron chi connectivity index (χ3n) is 4.91. The molecular weight excluding hydrogens is 350 g/mol. The molecular formula is C19H21N3O3S. The summed E-state index contributed by atoms with van der Waals surface area (Å²) in [7, 11) is 0. The van der Waals surface area contributed by atoms with Crippen LogP contribution < -0.4 is 5.32 Å². The second-order valence-electron chi connectivity index (χ2n) is 6.64. The largest absolute Gasteiger partial charge is 0.448 e. The van der Waals surface area contributed by atoms with Gasteiger partial charge in [-0.15, -0.1) is 11.3 Å². The molecule has 2 aromatic rings. The Morgan fingerprint density at radius 3 is 2.96 bits per heavy atom.